The Morgan fingerprint density at radius 3 is 2.29 bits per heavy atom. The zero-order valence-electron chi connectivity index (χ0n) is 8.91. The molecule has 0 aliphatic heterocycles. The van der Waals surface area contributed by atoms with E-state index in [1.165, 1.54) is 51.6 Å². The van der Waals surface area contributed by atoms with E-state index in [2.05, 4.69) is 17.5 Å². The average molecular weight is 211 g/mol. The summed E-state index contributed by atoms with van der Waals surface area (Å²) >= 11 is 4.51. The van der Waals surface area contributed by atoms with Crippen molar-refractivity contribution in [1.29, 1.82) is 0 Å². The minimum absolute atomic E-state index is 0.639. The van der Waals surface area contributed by atoms with Crippen LogP contribution in [-0.2, 0) is 0 Å². The zero-order chi connectivity index (χ0) is 9.60. The number of nitrogens with zero attached hydrogens (tertiary/aromatic N) is 1. The molecule has 0 aromatic heterocycles. The Morgan fingerprint density at radius 1 is 1.14 bits per heavy atom. The number of thiol groups is 1. The molecule has 0 bridgehead atoms. The predicted octanol–water partition coefficient (Wildman–Crippen LogP) is 2.57. The molecule has 0 heterocycles. The molecule has 14 heavy (non-hydrogen) atoms. The van der Waals surface area contributed by atoms with Crippen LogP contribution in [0.1, 0.15) is 38.5 Å². The van der Waals surface area contributed by atoms with E-state index in [0.29, 0.717) is 5.41 Å². The zero-order valence-corrected chi connectivity index (χ0v) is 9.81. The number of hydrogen-bond donors (Lipinski definition) is 1. The maximum absolute atomic E-state index is 4.51. The van der Waals surface area contributed by atoms with E-state index in [1.807, 2.05) is 0 Å². The first-order valence-electron chi connectivity index (χ1n) is 6.16. The van der Waals surface area contributed by atoms with Crippen molar-refractivity contribution in [2.45, 2.75) is 44.6 Å². The Hall–Kier alpha value is 0.310. The maximum atomic E-state index is 4.51. The van der Waals surface area contributed by atoms with E-state index >= 15 is 0 Å². The summed E-state index contributed by atoms with van der Waals surface area (Å²) in [5.74, 6) is 2.17. The summed E-state index contributed by atoms with van der Waals surface area (Å²) in [5, 5.41) is 0. The molecule has 0 radical (unpaired) electrons. The van der Waals surface area contributed by atoms with Gasteiger partial charge in [-0.1, -0.05) is 0 Å². The number of rotatable bonds is 6. The predicted molar refractivity (Wildman–Crippen MR) is 62.8 cm³/mol. The van der Waals surface area contributed by atoms with Gasteiger partial charge in [-0.05, 0) is 55.6 Å². The lowest BCUT2D eigenvalue weighted by atomic mass is 10.1. The highest BCUT2D eigenvalue weighted by atomic mass is 32.1. The molecule has 3 aliphatic carbocycles. The van der Waals surface area contributed by atoms with Crippen molar-refractivity contribution < 1.29 is 0 Å². The molecule has 0 amide bonds. The second-order valence-corrected chi connectivity index (χ2v) is 6.08. The van der Waals surface area contributed by atoms with Crippen LogP contribution in [0.2, 0.25) is 0 Å². The third-order valence-corrected chi connectivity index (χ3v) is 4.75. The first-order chi connectivity index (χ1) is 6.81. The molecule has 0 spiro atoms. The SMILES string of the molecule is SCC1(CN(CC2CC2)C2CC2)CC1. The van der Waals surface area contributed by atoms with Crippen LogP contribution < -0.4 is 0 Å². The van der Waals surface area contributed by atoms with Crippen molar-refractivity contribution in [2.24, 2.45) is 11.3 Å². The lowest BCUT2D eigenvalue weighted by molar-refractivity contribution is 0.212. The highest BCUT2D eigenvalue weighted by Crippen LogP contribution is 2.49. The van der Waals surface area contributed by atoms with Gasteiger partial charge in [0.25, 0.3) is 0 Å². The van der Waals surface area contributed by atoms with E-state index < -0.39 is 0 Å². The summed E-state index contributed by atoms with van der Waals surface area (Å²) < 4.78 is 0. The molecule has 0 saturated heterocycles. The fourth-order valence-electron chi connectivity index (χ4n) is 2.39. The second-order valence-electron chi connectivity index (χ2n) is 5.76. The minimum Gasteiger partial charge on any atom is -0.300 e. The topological polar surface area (TPSA) is 3.24 Å². The molecular weight excluding hydrogens is 190 g/mol. The summed E-state index contributed by atoms with van der Waals surface area (Å²) in [4.78, 5) is 2.79. The summed E-state index contributed by atoms with van der Waals surface area (Å²) in [6, 6.07) is 0.966. The van der Waals surface area contributed by atoms with Crippen LogP contribution in [0.5, 0.6) is 0 Å². The molecule has 2 heteroatoms. The van der Waals surface area contributed by atoms with Crippen molar-refractivity contribution in [3.05, 3.63) is 0 Å². The summed E-state index contributed by atoms with van der Waals surface area (Å²) in [7, 11) is 0. The smallest absolute Gasteiger partial charge is 0.00967 e. The Kier molecular flexibility index (Phi) is 2.32. The molecule has 0 atom stereocenters. The van der Waals surface area contributed by atoms with Crippen LogP contribution in [-0.4, -0.2) is 29.8 Å². The molecular formula is C12H21NS. The lowest BCUT2D eigenvalue weighted by Gasteiger charge is -2.26. The van der Waals surface area contributed by atoms with Gasteiger partial charge in [0.05, 0.1) is 0 Å². The van der Waals surface area contributed by atoms with Gasteiger partial charge in [-0.3, -0.25) is 4.90 Å². The first-order valence-corrected chi connectivity index (χ1v) is 6.79. The summed E-state index contributed by atoms with van der Waals surface area (Å²) in [6.07, 6.45) is 8.80. The van der Waals surface area contributed by atoms with Gasteiger partial charge in [0.2, 0.25) is 0 Å². The van der Waals surface area contributed by atoms with E-state index in [9.17, 15) is 0 Å². The van der Waals surface area contributed by atoms with Crippen LogP contribution >= 0.6 is 12.6 Å². The molecule has 80 valence electrons. The van der Waals surface area contributed by atoms with Crippen LogP contribution in [0, 0.1) is 11.3 Å². The Bertz CT molecular complexity index is 216. The molecule has 3 rings (SSSR count). The highest BCUT2D eigenvalue weighted by molar-refractivity contribution is 7.80. The molecule has 3 fully saturated rings. The van der Waals surface area contributed by atoms with Crippen molar-refractivity contribution in [3.63, 3.8) is 0 Å². The average Bonchev–Trinajstić information content (AvgIpc) is 2.99. The summed E-state index contributed by atoms with van der Waals surface area (Å²) in [6.45, 7) is 2.76. The molecule has 0 unspecified atom stereocenters. The van der Waals surface area contributed by atoms with Crippen LogP contribution in [0.15, 0.2) is 0 Å². The fraction of sp³-hybridized carbons (Fsp3) is 1.00. The van der Waals surface area contributed by atoms with Gasteiger partial charge in [-0.25, -0.2) is 0 Å². The van der Waals surface area contributed by atoms with Gasteiger partial charge in [-0.2, -0.15) is 12.6 Å². The lowest BCUT2D eigenvalue weighted by Crippen LogP contribution is -2.34. The van der Waals surface area contributed by atoms with Gasteiger partial charge in [-0.15, -0.1) is 0 Å². The summed E-state index contributed by atoms with van der Waals surface area (Å²) in [5.41, 5.74) is 0.639. The van der Waals surface area contributed by atoms with Gasteiger partial charge >= 0.3 is 0 Å². The third-order valence-electron chi connectivity index (χ3n) is 4.08. The van der Waals surface area contributed by atoms with Crippen LogP contribution in [0.25, 0.3) is 0 Å². The molecule has 0 N–H and O–H groups in total. The second kappa shape index (κ2) is 3.41. The Labute approximate surface area is 92.7 Å². The Balaban J connectivity index is 1.55. The van der Waals surface area contributed by atoms with E-state index in [-0.39, 0.29) is 0 Å². The largest absolute Gasteiger partial charge is 0.300 e. The maximum Gasteiger partial charge on any atom is 0.00967 e. The quantitative estimate of drug-likeness (QED) is 0.661. The van der Waals surface area contributed by atoms with E-state index in [1.54, 1.807) is 0 Å². The molecule has 3 aliphatic rings. The molecule has 1 nitrogen and oxygen atoms in total. The molecule has 0 aromatic carbocycles. The van der Waals surface area contributed by atoms with Crippen molar-refractivity contribution in [3.8, 4) is 0 Å². The van der Waals surface area contributed by atoms with Gasteiger partial charge in [0.1, 0.15) is 0 Å². The fourth-order valence-corrected chi connectivity index (χ4v) is 2.80. The minimum atomic E-state index is 0.639. The third kappa shape index (κ3) is 2.11. The first kappa shape index (κ1) is 9.53. The molecule has 0 aromatic rings. The Morgan fingerprint density at radius 2 is 1.86 bits per heavy atom. The van der Waals surface area contributed by atoms with Crippen LogP contribution in [0.4, 0.5) is 0 Å². The number of hydrogen-bond acceptors (Lipinski definition) is 2. The van der Waals surface area contributed by atoms with Gasteiger partial charge in [0, 0.05) is 19.1 Å². The molecule has 3 saturated carbocycles. The standard InChI is InChI=1S/C12H21NS/c14-9-12(5-6-12)8-13(11-3-4-11)7-10-1-2-10/h10-11,14H,1-9H2. The van der Waals surface area contributed by atoms with Crippen molar-refractivity contribution >= 4 is 12.6 Å². The normalized spacial score (nSPS) is 29.6. The van der Waals surface area contributed by atoms with Gasteiger partial charge < -0.3 is 0 Å². The van der Waals surface area contributed by atoms with Crippen molar-refractivity contribution in [1.82, 2.24) is 4.90 Å². The van der Waals surface area contributed by atoms with E-state index in [0.717, 1.165) is 17.7 Å². The van der Waals surface area contributed by atoms with E-state index in [4.69, 9.17) is 0 Å². The van der Waals surface area contributed by atoms with Gasteiger partial charge in [0.15, 0.2) is 0 Å². The highest BCUT2D eigenvalue weighted by Gasteiger charge is 2.45. The van der Waals surface area contributed by atoms with Crippen molar-refractivity contribution in [2.75, 3.05) is 18.8 Å². The van der Waals surface area contributed by atoms with Crippen LogP contribution in [0.3, 0.4) is 0 Å². The monoisotopic (exact) mass is 211 g/mol.